The van der Waals surface area contributed by atoms with Gasteiger partial charge in [-0.05, 0) is 24.7 Å². The van der Waals surface area contributed by atoms with E-state index in [2.05, 4.69) is 24.1 Å². The van der Waals surface area contributed by atoms with Gasteiger partial charge in [0.1, 0.15) is 0 Å². The highest BCUT2D eigenvalue weighted by Gasteiger charge is 2.20. The largest absolute Gasteiger partial charge is 0.477 e. The van der Waals surface area contributed by atoms with Gasteiger partial charge in [0.25, 0.3) is 0 Å². The lowest BCUT2D eigenvalue weighted by atomic mass is 9.85. The van der Waals surface area contributed by atoms with Gasteiger partial charge in [-0.15, -0.1) is 0 Å². The SMILES string of the molecule is CC1CC=CCC1COc1ccc([N+](=O)[O-])c(N)n1. The van der Waals surface area contributed by atoms with E-state index in [4.69, 9.17) is 10.5 Å². The van der Waals surface area contributed by atoms with Gasteiger partial charge in [0.2, 0.25) is 11.7 Å². The number of anilines is 1. The molecular formula is C13H17N3O3. The predicted octanol–water partition coefficient (Wildman–Crippen LogP) is 2.55. The highest BCUT2D eigenvalue weighted by molar-refractivity contribution is 5.53. The maximum absolute atomic E-state index is 10.6. The summed E-state index contributed by atoms with van der Waals surface area (Å²) >= 11 is 0. The van der Waals surface area contributed by atoms with Crippen LogP contribution in [-0.4, -0.2) is 16.5 Å². The number of nitrogens with zero attached hydrogens (tertiary/aromatic N) is 2. The normalized spacial score (nSPS) is 22.2. The molecule has 1 aliphatic carbocycles. The smallest absolute Gasteiger partial charge is 0.311 e. The van der Waals surface area contributed by atoms with Gasteiger partial charge < -0.3 is 10.5 Å². The first kappa shape index (κ1) is 13.3. The van der Waals surface area contributed by atoms with Crippen molar-refractivity contribution in [1.29, 1.82) is 0 Å². The molecule has 2 N–H and O–H groups in total. The molecule has 0 saturated carbocycles. The number of nitrogens with two attached hydrogens (primary N) is 1. The van der Waals surface area contributed by atoms with Crippen molar-refractivity contribution in [2.45, 2.75) is 19.8 Å². The molecule has 0 bridgehead atoms. The summed E-state index contributed by atoms with van der Waals surface area (Å²) in [5, 5.41) is 10.6. The molecule has 1 aliphatic rings. The number of nitro groups is 1. The van der Waals surface area contributed by atoms with Gasteiger partial charge in [0, 0.05) is 12.1 Å². The molecule has 2 unspecified atom stereocenters. The number of allylic oxidation sites excluding steroid dienone is 2. The summed E-state index contributed by atoms with van der Waals surface area (Å²) in [6.45, 7) is 2.74. The zero-order valence-electron chi connectivity index (χ0n) is 10.8. The van der Waals surface area contributed by atoms with Gasteiger partial charge in [-0.3, -0.25) is 10.1 Å². The van der Waals surface area contributed by atoms with Crippen LogP contribution in [0.1, 0.15) is 19.8 Å². The van der Waals surface area contributed by atoms with Gasteiger partial charge in [-0.1, -0.05) is 19.1 Å². The number of ether oxygens (including phenoxy) is 1. The first-order valence-electron chi connectivity index (χ1n) is 6.26. The van der Waals surface area contributed by atoms with E-state index in [1.807, 2.05) is 0 Å². The van der Waals surface area contributed by atoms with Crippen molar-refractivity contribution in [3.8, 4) is 5.88 Å². The second-order valence-corrected chi connectivity index (χ2v) is 4.80. The maximum Gasteiger partial charge on any atom is 0.311 e. The highest BCUT2D eigenvalue weighted by atomic mass is 16.6. The molecule has 19 heavy (non-hydrogen) atoms. The van der Waals surface area contributed by atoms with Crippen LogP contribution in [0, 0.1) is 22.0 Å². The molecule has 6 nitrogen and oxygen atoms in total. The van der Waals surface area contributed by atoms with Gasteiger partial charge in [0.05, 0.1) is 11.5 Å². The number of hydrogen-bond donors (Lipinski definition) is 1. The first-order chi connectivity index (χ1) is 9.08. The molecule has 1 aromatic rings. The second kappa shape index (κ2) is 5.69. The third-order valence-electron chi connectivity index (χ3n) is 3.44. The quantitative estimate of drug-likeness (QED) is 0.512. The summed E-state index contributed by atoms with van der Waals surface area (Å²) in [4.78, 5) is 14.0. The monoisotopic (exact) mass is 263 g/mol. The van der Waals surface area contributed by atoms with Crippen LogP contribution in [0.15, 0.2) is 24.3 Å². The summed E-state index contributed by atoms with van der Waals surface area (Å²) in [6.07, 6.45) is 6.39. The van der Waals surface area contributed by atoms with Gasteiger partial charge in [-0.2, -0.15) is 4.98 Å². The average molecular weight is 263 g/mol. The van der Waals surface area contributed by atoms with E-state index in [1.165, 1.54) is 12.1 Å². The van der Waals surface area contributed by atoms with Crippen molar-refractivity contribution in [3.63, 3.8) is 0 Å². The fourth-order valence-electron chi connectivity index (χ4n) is 2.12. The summed E-state index contributed by atoms with van der Waals surface area (Å²) in [5.74, 6) is 1.24. The molecule has 0 spiro atoms. The molecule has 1 heterocycles. The molecule has 0 saturated heterocycles. The molecular weight excluding hydrogens is 246 g/mol. The lowest BCUT2D eigenvalue weighted by molar-refractivity contribution is -0.384. The van der Waals surface area contributed by atoms with Gasteiger partial charge in [0.15, 0.2) is 0 Å². The Morgan fingerprint density at radius 1 is 1.47 bits per heavy atom. The molecule has 2 atom stereocenters. The minimum atomic E-state index is -0.555. The molecule has 6 heteroatoms. The molecule has 0 aliphatic heterocycles. The first-order valence-corrected chi connectivity index (χ1v) is 6.26. The summed E-state index contributed by atoms with van der Waals surface area (Å²) in [6, 6.07) is 2.81. The van der Waals surface area contributed by atoms with Crippen LogP contribution in [-0.2, 0) is 0 Å². The highest BCUT2D eigenvalue weighted by Crippen LogP contribution is 2.27. The Hall–Kier alpha value is -2.11. The average Bonchev–Trinajstić information content (AvgIpc) is 2.37. The Labute approximate surface area is 111 Å². The lowest BCUT2D eigenvalue weighted by Gasteiger charge is -2.24. The number of aromatic nitrogens is 1. The molecule has 0 amide bonds. The van der Waals surface area contributed by atoms with E-state index < -0.39 is 4.92 Å². The Balaban J connectivity index is 1.98. The van der Waals surface area contributed by atoms with Crippen molar-refractivity contribution in [1.82, 2.24) is 4.98 Å². The summed E-state index contributed by atoms with van der Waals surface area (Å²) in [7, 11) is 0. The molecule has 2 rings (SSSR count). The van der Waals surface area contributed by atoms with E-state index in [0.717, 1.165) is 12.8 Å². The molecule has 102 valence electrons. The van der Waals surface area contributed by atoms with Crippen LogP contribution in [0.25, 0.3) is 0 Å². The third kappa shape index (κ3) is 3.21. The number of nitrogen functional groups attached to an aromatic ring is 1. The van der Waals surface area contributed by atoms with Crippen molar-refractivity contribution < 1.29 is 9.66 Å². The minimum absolute atomic E-state index is 0.112. The fourth-order valence-corrected chi connectivity index (χ4v) is 2.12. The van der Waals surface area contributed by atoms with E-state index in [0.29, 0.717) is 24.3 Å². The van der Waals surface area contributed by atoms with Crippen molar-refractivity contribution >= 4 is 11.5 Å². The minimum Gasteiger partial charge on any atom is -0.477 e. The Morgan fingerprint density at radius 3 is 2.84 bits per heavy atom. The van der Waals surface area contributed by atoms with Gasteiger partial charge in [-0.25, -0.2) is 0 Å². The van der Waals surface area contributed by atoms with E-state index >= 15 is 0 Å². The van der Waals surface area contributed by atoms with Crippen molar-refractivity contribution in [2.75, 3.05) is 12.3 Å². The van der Waals surface area contributed by atoms with Gasteiger partial charge >= 0.3 is 5.69 Å². The van der Waals surface area contributed by atoms with Crippen LogP contribution < -0.4 is 10.5 Å². The van der Waals surface area contributed by atoms with Crippen LogP contribution in [0.4, 0.5) is 11.5 Å². The topological polar surface area (TPSA) is 91.3 Å². The zero-order chi connectivity index (χ0) is 13.8. The Morgan fingerprint density at radius 2 is 2.21 bits per heavy atom. The summed E-state index contributed by atoms with van der Waals surface area (Å²) < 4.78 is 5.58. The zero-order valence-corrected chi connectivity index (χ0v) is 10.8. The maximum atomic E-state index is 10.6. The van der Waals surface area contributed by atoms with Crippen LogP contribution in [0.5, 0.6) is 5.88 Å². The number of rotatable bonds is 4. The number of hydrogen-bond acceptors (Lipinski definition) is 5. The third-order valence-corrected chi connectivity index (χ3v) is 3.44. The van der Waals surface area contributed by atoms with Crippen molar-refractivity contribution in [2.24, 2.45) is 11.8 Å². The van der Waals surface area contributed by atoms with E-state index in [9.17, 15) is 10.1 Å². The van der Waals surface area contributed by atoms with E-state index in [1.54, 1.807) is 0 Å². The van der Waals surface area contributed by atoms with E-state index in [-0.39, 0.29) is 11.5 Å². The van der Waals surface area contributed by atoms with Crippen LogP contribution in [0.3, 0.4) is 0 Å². The Kier molecular flexibility index (Phi) is 3.99. The number of pyridine rings is 1. The fraction of sp³-hybridized carbons (Fsp3) is 0.462. The van der Waals surface area contributed by atoms with Crippen molar-refractivity contribution in [3.05, 3.63) is 34.4 Å². The molecule has 1 aromatic heterocycles. The molecule has 0 fully saturated rings. The summed E-state index contributed by atoms with van der Waals surface area (Å²) in [5.41, 5.74) is 5.32. The lowest BCUT2D eigenvalue weighted by Crippen LogP contribution is -2.21. The molecule has 0 aromatic carbocycles. The predicted molar refractivity (Wildman–Crippen MR) is 71.8 cm³/mol. The van der Waals surface area contributed by atoms with Crippen LogP contribution in [0.2, 0.25) is 0 Å². The van der Waals surface area contributed by atoms with Crippen LogP contribution >= 0.6 is 0 Å². The Bertz CT molecular complexity index is 502. The second-order valence-electron chi connectivity index (χ2n) is 4.80. The standard InChI is InChI=1S/C13H17N3O3/c1-9-4-2-3-5-10(9)8-19-12-7-6-11(16(17)18)13(14)15-12/h2-3,6-7,9-10H,4-5,8H2,1H3,(H2,14,15). The molecule has 0 radical (unpaired) electrons.